The Labute approximate surface area is 145 Å². The van der Waals surface area contributed by atoms with E-state index in [0.29, 0.717) is 0 Å². The van der Waals surface area contributed by atoms with Gasteiger partial charge in [-0.1, -0.05) is 23.8 Å². The number of hydrogen-bond acceptors (Lipinski definition) is 1. The fourth-order valence-corrected chi connectivity index (χ4v) is 3.03. The van der Waals surface area contributed by atoms with E-state index in [4.69, 9.17) is 4.74 Å². The normalized spacial score (nSPS) is 12.0. The third kappa shape index (κ3) is 2.87. The Kier molecular flexibility index (Phi) is 3.73. The Morgan fingerprint density at radius 3 is 2.44 bits per heavy atom. The van der Waals surface area contributed by atoms with Gasteiger partial charge in [0.25, 0.3) is 0 Å². The number of para-hydroxylation sites is 1. The van der Waals surface area contributed by atoms with Gasteiger partial charge in [0.1, 0.15) is 5.75 Å². The number of aromatic nitrogens is 3. The summed E-state index contributed by atoms with van der Waals surface area (Å²) in [5.41, 5.74) is 5.38. The van der Waals surface area contributed by atoms with Crippen molar-refractivity contribution in [3.8, 4) is 17.1 Å². The second kappa shape index (κ2) is 6.06. The smallest absolute Gasteiger partial charge is 0.144 e. The van der Waals surface area contributed by atoms with Gasteiger partial charge in [-0.25, -0.2) is 0 Å². The molecule has 4 rings (SSSR count). The zero-order valence-corrected chi connectivity index (χ0v) is 14.6. The minimum absolute atomic E-state index is 0.821. The first-order chi connectivity index (χ1) is 12.1. The third-order valence-electron chi connectivity index (χ3n) is 4.40. The number of ether oxygens (including phenoxy) is 1. The van der Waals surface area contributed by atoms with E-state index < -0.39 is 0 Å². The Balaban J connectivity index is 1.80. The van der Waals surface area contributed by atoms with E-state index in [-0.39, 0.29) is 0 Å². The number of methoxy groups -OCH3 is 1. The van der Waals surface area contributed by atoms with Crippen LogP contribution < -0.4 is 15.4 Å². The first kappa shape index (κ1) is 15.4. The van der Waals surface area contributed by atoms with Gasteiger partial charge in [0.15, 0.2) is 0 Å². The molecule has 0 bridgehead atoms. The second-order valence-corrected chi connectivity index (χ2v) is 6.41. The number of H-pyrrole nitrogens is 3. The number of rotatable bonds is 3. The third-order valence-corrected chi connectivity index (χ3v) is 4.40. The molecule has 0 radical (unpaired) electrons. The molecule has 0 fully saturated rings. The minimum atomic E-state index is 0.821. The lowest BCUT2D eigenvalue weighted by Gasteiger charge is -1.95. The fraction of sp³-hybridized carbons (Fsp3) is 0.143. The summed E-state index contributed by atoms with van der Waals surface area (Å²) >= 11 is 0. The van der Waals surface area contributed by atoms with Gasteiger partial charge in [-0.05, 0) is 44.2 Å². The highest BCUT2D eigenvalue weighted by Gasteiger charge is 2.10. The van der Waals surface area contributed by atoms with Gasteiger partial charge in [-0.15, -0.1) is 0 Å². The van der Waals surface area contributed by atoms with E-state index in [9.17, 15) is 0 Å². The van der Waals surface area contributed by atoms with Crippen molar-refractivity contribution in [2.45, 2.75) is 13.8 Å². The van der Waals surface area contributed by atoms with Crippen LogP contribution in [0.3, 0.4) is 0 Å². The Morgan fingerprint density at radius 1 is 0.920 bits per heavy atom. The predicted octanol–water partition coefficient (Wildman–Crippen LogP) is 3.52. The van der Waals surface area contributed by atoms with Crippen molar-refractivity contribution in [3.05, 3.63) is 64.9 Å². The van der Waals surface area contributed by atoms with Crippen LogP contribution in [-0.2, 0) is 0 Å². The van der Waals surface area contributed by atoms with Gasteiger partial charge in [-0.3, -0.25) is 0 Å². The molecule has 0 spiro atoms. The summed E-state index contributed by atoms with van der Waals surface area (Å²) in [6, 6.07) is 16.6. The molecule has 0 aliphatic rings. The maximum absolute atomic E-state index is 5.55. The summed E-state index contributed by atoms with van der Waals surface area (Å²) < 4.78 is 5.55. The van der Waals surface area contributed by atoms with E-state index in [2.05, 4.69) is 65.2 Å². The second-order valence-electron chi connectivity index (χ2n) is 6.41. The summed E-state index contributed by atoms with van der Waals surface area (Å²) in [6.45, 7) is 4.19. The van der Waals surface area contributed by atoms with Gasteiger partial charge >= 0.3 is 0 Å². The summed E-state index contributed by atoms with van der Waals surface area (Å²) in [5.74, 6) is 0.821. The van der Waals surface area contributed by atoms with Crippen LogP contribution in [-0.4, -0.2) is 22.1 Å². The first-order valence-electron chi connectivity index (χ1n) is 8.33. The molecule has 25 heavy (non-hydrogen) atoms. The van der Waals surface area contributed by atoms with Crippen LogP contribution in [0.5, 0.6) is 5.75 Å². The Hall–Kier alpha value is -3.14. The average Bonchev–Trinajstić information content (AvgIpc) is 3.32. The van der Waals surface area contributed by atoms with Gasteiger partial charge in [0.05, 0.1) is 24.2 Å². The highest BCUT2D eigenvalue weighted by Crippen LogP contribution is 2.29. The van der Waals surface area contributed by atoms with Crippen LogP contribution in [0.1, 0.15) is 19.5 Å². The van der Waals surface area contributed by atoms with Crippen molar-refractivity contribution in [2.24, 2.45) is 0 Å². The molecule has 3 heterocycles. The zero-order chi connectivity index (χ0) is 17.4. The molecule has 0 atom stereocenters. The van der Waals surface area contributed by atoms with Gasteiger partial charge < -0.3 is 19.7 Å². The number of benzene rings is 1. The minimum Gasteiger partial charge on any atom is -0.494 e. The molecule has 3 aromatic heterocycles. The van der Waals surface area contributed by atoms with Crippen molar-refractivity contribution in [1.82, 2.24) is 15.0 Å². The summed E-state index contributed by atoms with van der Waals surface area (Å²) in [7, 11) is 1.69. The molecular formula is C21H21N3O. The lowest BCUT2D eigenvalue weighted by Crippen LogP contribution is -2.10. The number of hydrogen-bond donors (Lipinski definition) is 3. The summed E-state index contributed by atoms with van der Waals surface area (Å²) in [5, 5.41) is 3.38. The van der Waals surface area contributed by atoms with Crippen LogP contribution in [0.4, 0.5) is 0 Å². The molecule has 3 N–H and O–H groups in total. The Morgan fingerprint density at radius 2 is 1.72 bits per heavy atom. The molecule has 0 saturated heterocycles. The van der Waals surface area contributed by atoms with Crippen LogP contribution in [0.2, 0.25) is 0 Å². The van der Waals surface area contributed by atoms with Gasteiger partial charge in [0.2, 0.25) is 0 Å². The molecular weight excluding hydrogens is 310 g/mol. The van der Waals surface area contributed by atoms with Crippen LogP contribution in [0.15, 0.2) is 48.5 Å². The summed E-state index contributed by atoms with van der Waals surface area (Å²) in [6.07, 6.45) is 2.07. The molecule has 4 nitrogen and oxygen atoms in total. The van der Waals surface area contributed by atoms with E-state index in [1.807, 2.05) is 18.2 Å². The van der Waals surface area contributed by atoms with E-state index in [1.165, 1.54) is 11.0 Å². The maximum atomic E-state index is 5.55. The van der Waals surface area contributed by atoms with Crippen molar-refractivity contribution >= 4 is 22.6 Å². The first-order valence-corrected chi connectivity index (χ1v) is 8.33. The van der Waals surface area contributed by atoms with E-state index >= 15 is 0 Å². The zero-order valence-electron chi connectivity index (χ0n) is 14.6. The van der Waals surface area contributed by atoms with Crippen molar-refractivity contribution in [1.29, 1.82) is 0 Å². The lowest BCUT2D eigenvalue weighted by molar-refractivity contribution is 0.414. The van der Waals surface area contributed by atoms with Gasteiger partial charge in [0, 0.05) is 27.7 Å². The highest BCUT2D eigenvalue weighted by molar-refractivity contribution is 5.85. The van der Waals surface area contributed by atoms with Crippen LogP contribution in [0.25, 0.3) is 33.9 Å². The molecule has 1 aromatic carbocycles. The number of fused-ring (bicyclic) bond motifs is 1. The molecule has 0 aliphatic heterocycles. The van der Waals surface area contributed by atoms with Crippen LogP contribution >= 0.6 is 0 Å². The molecule has 0 saturated carbocycles. The highest BCUT2D eigenvalue weighted by atomic mass is 16.5. The molecule has 0 aliphatic carbocycles. The summed E-state index contributed by atoms with van der Waals surface area (Å²) in [4.78, 5) is 10.3. The predicted molar refractivity (Wildman–Crippen MR) is 103 cm³/mol. The molecule has 0 unspecified atom stereocenters. The average molecular weight is 331 g/mol. The molecule has 0 amide bonds. The SMILES string of the molecule is COc1cc(-c2cc3ccccc3[nH]2)[nH]c1C=c1ccc(=C(C)C)[nH]1. The van der Waals surface area contributed by atoms with Crippen molar-refractivity contribution in [2.75, 3.05) is 7.11 Å². The molecule has 4 aromatic rings. The monoisotopic (exact) mass is 331 g/mol. The van der Waals surface area contributed by atoms with Crippen LogP contribution in [0, 0.1) is 0 Å². The lowest BCUT2D eigenvalue weighted by atomic mass is 10.2. The molecule has 4 heteroatoms. The fourth-order valence-electron chi connectivity index (χ4n) is 3.03. The Bertz CT molecular complexity index is 1120. The van der Waals surface area contributed by atoms with Crippen molar-refractivity contribution < 1.29 is 4.74 Å². The standard InChI is InChI=1S/C21H21N3O/c1-13(2)16-9-8-15(22-16)11-20-21(25-3)12-19(24-20)18-10-14-6-4-5-7-17(14)23-18/h4-12,22-24H,1-3H3. The van der Waals surface area contributed by atoms with E-state index in [0.717, 1.165) is 39.0 Å². The topological polar surface area (TPSA) is 56.6 Å². The van der Waals surface area contributed by atoms with E-state index in [1.54, 1.807) is 7.11 Å². The van der Waals surface area contributed by atoms with Crippen molar-refractivity contribution in [3.63, 3.8) is 0 Å². The quantitative estimate of drug-likeness (QED) is 0.528. The van der Waals surface area contributed by atoms with Gasteiger partial charge in [-0.2, -0.15) is 0 Å². The largest absolute Gasteiger partial charge is 0.494 e. The number of aromatic amines is 3. The number of nitrogens with one attached hydrogen (secondary N) is 3. The maximum Gasteiger partial charge on any atom is 0.144 e. The molecule has 126 valence electrons.